The Labute approximate surface area is 194 Å². The summed E-state index contributed by atoms with van der Waals surface area (Å²) in [6, 6.07) is 18.7. The van der Waals surface area contributed by atoms with Gasteiger partial charge in [0.1, 0.15) is 0 Å². The lowest BCUT2D eigenvalue weighted by Crippen LogP contribution is -2.24. The normalized spacial score (nSPS) is 17.1. The Morgan fingerprint density at radius 1 is 0.600 bits per heavy atom. The molecule has 0 amide bonds. The molecular weight excluding hydrogens is 400 g/mol. The predicted octanol–water partition coefficient (Wildman–Crippen LogP) is 9.11. The van der Waals surface area contributed by atoms with Crippen molar-refractivity contribution in [2.45, 2.75) is 100 Å². The van der Waals surface area contributed by atoms with E-state index in [0.29, 0.717) is 4.08 Å². The fraction of sp³-hybridized carbons (Fsp3) is 0.571. The third kappa shape index (κ3) is 6.57. The van der Waals surface area contributed by atoms with Gasteiger partial charge in [0.05, 0.1) is 4.08 Å². The van der Waals surface area contributed by atoms with E-state index in [0.717, 1.165) is 11.5 Å². The first kappa shape index (κ1) is 23.8. The summed E-state index contributed by atoms with van der Waals surface area (Å²) in [6.45, 7) is 13.7. The van der Waals surface area contributed by atoms with Gasteiger partial charge in [0, 0.05) is 11.5 Å². The molecule has 0 nitrogen and oxygen atoms in total. The Morgan fingerprint density at radius 2 is 0.967 bits per heavy atom. The maximum absolute atomic E-state index is 2.35. The molecule has 0 N–H and O–H groups in total. The Kier molecular flexibility index (Phi) is 7.72. The maximum atomic E-state index is 2.35. The van der Waals surface area contributed by atoms with E-state index < -0.39 is 0 Å². The lowest BCUT2D eigenvalue weighted by Gasteiger charge is -2.36. The third-order valence-electron chi connectivity index (χ3n) is 6.26. The van der Waals surface area contributed by atoms with Crippen molar-refractivity contribution in [3.8, 4) is 0 Å². The molecule has 1 fully saturated rings. The molecule has 1 aliphatic carbocycles. The molecule has 1 saturated carbocycles. The molecule has 0 saturated heterocycles. The molecule has 0 radical (unpaired) electrons. The summed E-state index contributed by atoms with van der Waals surface area (Å²) in [7, 11) is 0. The van der Waals surface area contributed by atoms with E-state index in [1.54, 1.807) is 0 Å². The molecule has 0 spiro atoms. The van der Waals surface area contributed by atoms with Gasteiger partial charge in [-0.2, -0.15) is 0 Å². The van der Waals surface area contributed by atoms with Crippen LogP contribution in [-0.4, -0.2) is 4.08 Å². The number of thioether (sulfide) groups is 2. The fourth-order valence-corrected chi connectivity index (χ4v) is 7.14. The minimum absolute atomic E-state index is 0.231. The predicted molar refractivity (Wildman–Crippen MR) is 139 cm³/mol. The molecule has 1 aliphatic rings. The highest BCUT2D eigenvalue weighted by Gasteiger charge is 2.33. The van der Waals surface area contributed by atoms with Crippen LogP contribution < -0.4 is 0 Å². The molecular formula is C28H40S2. The molecule has 0 unspecified atom stereocenters. The smallest absolute Gasteiger partial charge is 0.0617 e. The first-order chi connectivity index (χ1) is 14.1. The largest absolute Gasteiger partial charge is 0.139 e. The second kappa shape index (κ2) is 9.74. The lowest BCUT2D eigenvalue weighted by atomic mass is 9.87. The van der Waals surface area contributed by atoms with Crippen LogP contribution in [-0.2, 0) is 22.3 Å². The molecule has 30 heavy (non-hydrogen) atoms. The molecule has 3 rings (SSSR count). The minimum atomic E-state index is 0.231. The highest BCUT2D eigenvalue weighted by atomic mass is 32.2. The Balaban J connectivity index is 1.63. The van der Waals surface area contributed by atoms with Gasteiger partial charge in [-0.15, -0.1) is 23.5 Å². The highest BCUT2D eigenvalue weighted by Crippen LogP contribution is 2.50. The number of hydrogen-bond acceptors (Lipinski definition) is 2. The zero-order chi connectivity index (χ0) is 21.8. The summed E-state index contributed by atoms with van der Waals surface area (Å²) in [5.74, 6) is 2.25. The van der Waals surface area contributed by atoms with Gasteiger partial charge < -0.3 is 0 Å². The Morgan fingerprint density at radius 3 is 1.30 bits per heavy atom. The summed E-state index contributed by atoms with van der Waals surface area (Å²) >= 11 is 4.40. The first-order valence-corrected chi connectivity index (χ1v) is 13.5. The number of hydrogen-bond donors (Lipinski definition) is 0. The molecule has 0 atom stereocenters. The zero-order valence-electron chi connectivity index (χ0n) is 19.9. The van der Waals surface area contributed by atoms with Crippen LogP contribution in [0.1, 0.15) is 95.9 Å². The molecule has 0 bridgehead atoms. The van der Waals surface area contributed by atoms with Crippen LogP contribution in [0, 0.1) is 0 Å². The Bertz CT molecular complexity index is 719. The van der Waals surface area contributed by atoms with Gasteiger partial charge in [0.25, 0.3) is 0 Å². The van der Waals surface area contributed by atoms with E-state index in [1.807, 2.05) is 0 Å². The van der Waals surface area contributed by atoms with E-state index >= 15 is 0 Å². The standard InChI is InChI=1S/C28H40S2/c1-26(2,3)24-14-10-22(11-15-24)20-29-28(18-8-7-9-19-28)30-21-23-12-16-25(17-13-23)27(4,5)6/h10-17H,7-9,18-21H2,1-6H3. The Hall–Kier alpha value is -0.860. The van der Waals surface area contributed by atoms with Crippen molar-refractivity contribution in [2.24, 2.45) is 0 Å². The zero-order valence-corrected chi connectivity index (χ0v) is 21.5. The van der Waals surface area contributed by atoms with Crippen LogP contribution in [0.25, 0.3) is 0 Å². The lowest BCUT2D eigenvalue weighted by molar-refractivity contribution is 0.490. The number of rotatable bonds is 6. The summed E-state index contributed by atoms with van der Waals surface area (Å²) in [5.41, 5.74) is 6.25. The van der Waals surface area contributed by atoms with Crippen LogP contribution in [0.4, 0.5) is 0 Å². The minimum Gasteiger partial charge on any atom is -0.139 e. The molecule has 164 valence electrons. The third-order valence-corrected chi connectivity index (χ3v) is 9.79. The molecule has 0 aromatic heterocycles. The molecule has 2 aromatic carbocycles. The quantitative estimate of drug-likeness (QED) is 0.411. The van der Waals surface area contributed by atoms with Crippen LogP contribution >= 0.6 is 23.5 Å². The average molecular weight is 441 g/mol. The molecule has 0 aliphatic heterocycles. The topological polar surface area (TPSA) is 0 Å². The highest BCUT2D eigenvalue weighted by molar-refractivity contribution is 8.17. The summed E-state index contributed by atoms with van der Waals surface area (Å²) < 4.78 is 0.379. The van der Waals surface area contributed by atoms with Crippen LogP contribution in [0.5, 0.6) is 0 Å². The summed E-state index contributed by atoms with van der Waals surface area (Å²) in [4.78, 5) is 0. The van der Waals surface area contributed by atoms with E-state index in [2.05, 4.69) is 114 Å². The maximum Gasteiger partial charge on any atom is 0.0617 e. The summed E-state index contributed by atoms with van der Waals surface area (Å²) in [5, 5.41) is 0. The van der Waals surface area contributed by atoms with Crippen molar-refractivity contribution in [1.29, 1.82) is 0 Å². The van der Waals surface area contributed by atoms with E-state index in [-0.39, 0.29) is 10.8 Å². The van der Waals surface area contributed by atoms with Gasteiger partial charge in [0.2, 0.25) is 0 Å². The van der Waals surface area contributed by atoms with Gasteiger partial charge in [-0.25, -0.2) is 0 Å². The van der Waals surface area contributed by atoms with Crippen molar-refractivity contribution in [1.82, 2.24) is 0 Å². The second-order valence-corrected chi connectivity index (χ2v) is 13.9. The van der Waals surface area contributed by atoms with Crippen molar-refractivity contribution < 1.29 is 0 Å². The van der Waals surface area contributed by atoms with E-state index in [1.165, 1.54) is 54.4 Å². The first-order valence-electron chi connectivity index (χ1n) is 11.5. The monoisotopic (exact) mass is 440 g/mol. The van der Waals surface area contributed by atoms with Crippen LogP contribution in [0.3, 0.4) is 0 Å². The van der Waals surface area contributed by atoms with Gasteiger partial charge in [0.15, 0.2) is 0 Å². The van der Waals surface area contributed by atoms with Gasteiger partial charge >= 0.3 is 0 Å². The van der Waals surface area contributed by atoms with Crippen LogP contribution in [0.15, 0.2) is 48.5 Å². The van der Waals surface area contributed by atoms with E-state index in [4.69, 9.17) is 0 Å². The molecule has 0 heterocycles. The second-order valence-electron chi connectivity index (χ2n) is 10.9. The molecule has 2 aromatic rings. The summed E-state index contributed by atoms with van der Waals surface area (Å²) in [6.07, 6.45) is 6.87. The average Bonchev–Trinajstić information content (AvgIpc) is 2.71. The van der Waals surface area contributed by atoms with Crippen molar-refractivity contribution in [2.75, 3.05) is 0 Å². The van der Waals surface area contributed by atoms with Gasteiger partial charge in [-0.05, 0) is 45.9 Å². The van der Waals surface area contributed by atoms with Crippen molar-refractivity contribution in [3.63, 3.8) is 0 Å². The fourth-order valence-electron chi connectivity index (χ4n) is 4.05. The SMILES string of the molecule is CC(C)(C)c1ccc(CSC2(SCc3ccc(C(C)(C)C)cc3)CCCCC2)cc1. The number of benzene rings is 2. The molecule has 2 heteroatoms. The van der Waals surface area contributed by atoms with Gasteiger partial charge in [-0.1, -0.05) is 109 Å². The van der Waals surface area contributed by atoms with Gasteiger partial charge in [-0.3, -0.25) is 0 Å². The van der Waals surface area contributed by atoms with Crippen molar-refractivity contribution >= 4 is 23.5 Å². The van der Waals surface area contributed by atoms with Crippen LogP contribution in [0.2, 0.25) is 0 Å². The van der Waals surface area contributed by atoms with E-state index in [9.17, 15) is 0 Å². The van der Waals surface area contributed by atoms with Crippen molar-refractivity contribution in [3.05, 3.63) is 70.8 Å².